The van der Waals surface area contributed by atoms with E-state index < -0.39 is 5.97 Å². The van der Waals surface area contributed by atoms with Crippen molar-refractivity contribution in [1.29, 1.82) is 0 Å². The normalized spacial score (nSPS) is 14.3. The average Bonchev–Trinajstić information content (AvgIpc) is 2.81. The molecule has 0 bridgehead atoms. The second-order valence-corrected chi connectivity index (χ2v) is 4.25. The van der Waals surface area contributed by atoms with Gasteiger partial charge in [-0.05, 0) is 25.0 Å². The van der Waals surface area contributed by atoms with E-state index in [0.29, 0.717) is 30.9 Å². The Labute approximate surface area is 105 Å². The van der Waals surface area contributed by atoms with E-state index in [1.54, 1.807) is 19.1 Å². The maximum atomic E-state index is 10.6. The number of hydrogen-bond acceptors (Lipinski definition) is 4. The molecule has 0 saturated heterocycles. The summed E-state index contributed by atoms with van der Waals surface area (Å²) in [6.45, 7) is 2.44. The first-order valence-corrected chi connectivity index (χ1v) is 5.92. The Balaban J connectivity index is 1.75. The van der Waals surface area contributed by atoms with Crippen molar-refractivity contribution in [3.8, 4) is 17.2 Å². The van der Waals surface area contributed by atoms with Crippen LogP contribution in [0.25, 0.3) is 0 Å². The number of carboxylic acid groups (broad SMARTS) is 1. The summed E-state index contributed by atoms with van der Waals surface area (Å²) in [5.41, 5.74) is 0. The molecule has 0 radical (unpaired) electrons. The number of carboxylic acids is 1. The number of rotatable bonds is 6. The zero-order valence-electron chi connectivity index (χ0n) is 10.2. The van der Waals surface area contributed by atoms with Gasteiger partial charge in [0.15, 0.2) is 11.5 Å². The van der Waals surface area contributed by atoms with Gasteiger partial charge in [-0.2, -0.15) is 0 Å². The Morgan fingerprint density at radius 3 is 3.00 bits per heavy atom. The molecule has 1 heterocycles. The highest BCUT2D eigenvalue weighted by atomic mass is 16.7. The number of fused-ring (bicyclic) bond motifs is 1. The van der Waals surface area contributed by atoms with Crippen molar-refractivity contribution in [1.82, 2.24) is 0 Å². The topological polar surface area (TPSA) is 65.0 Å². The molecule has 0 fully saturated rings. The van der Waals surface area contributed by atoms with Crippen LogP contribution in [0, 0.1) is 5.92 Å². The standard InChI is InChI=1S/C13H16O5/c1-9(13(14)15)3-2-6-16-10-4-5-11-12(7-10)18-8-17-11/h4-5,7,9H,2-3,6,8H2,1H3,(H,14,15). The van der Waals surface area contributed by atoms with Crippen molar-refractivity contribution < 1.29 is 24.1 Å². The number of hydrogen-bond donors (Lipinski definition) is 1. The van der Waals surface area contributed by atoms with Crippen molar-refractivity contribution >= 4 is 5.97 Å². The molecule has 0 amide bonds. The van der Waals surface area contributed by atoms with Crippen LogP contribution in [0.2, 0.25) is 0 Å². The molecule has 1 aliphatic heterocycles. The summed E-state index contributed by atoms with van der Waals surface area (Å²) in [5, 5.41) is 8.73. The molecule has 0 saturated carbocycles. The molecule has 1 unspecified atom stereocenters. The lowest BCUT2D eigenvalue weighted by atomic mass is 10.1. The second-order valence-electron chi connectivity index (χ2n) is 4.25. The van der Waals surface area contributed by atoms with Crippen LogP contribution in [0.1, 0.15) is 19.8 Å². The van der Waals surface area contributed by atoms with Crippen LogP contribution in [0.5, 0.6) is 17.2 Å². The molecule has 98 valence electrons. The molecule has 2 rings (SSSR count). The Hall–Kier alpha value is -1.91. The largest absolute Gasteiger partial charge is 0.493 e. The molecule has 18 heavy (non-hydrogen) atoms. The van der Waals surface area contributed by atoms with E-state index in [1.165, 1.54) is 0 Å². The van der Waals surface area contributed by atoms with Crippen LogP contribution in [0.3, 0.4) is 0 Å². The Bertz CT molecular complexity index is 429. The predicted octanol–water partition coefficient (Wildman–Crippen LogP) is 2.29. The van der Waals surface area contributed by atoms with Crippen LogP contribution in [-0.2, 0) is 4.79 Å². The highest BCUT2D eigenvalue weighted by molar-refractivity contribution is 5.69. The van der Waals surface area contributed by atoms with Crippen LogP contribution in [0.4, 0.5) is 0 Å². The number of benzene rings is 1. The van der Waals surface area contributed by atoms with Gasteiger partial charge in [-0.25, -0.2) is 0 Å². The van der Waals surface area contributed by atoms with Gasteiger partial charge in [-0.3, -0.25) is 4.79 Å². The van der Waals surface area contributed by atoms with E-state index in [9.17, 15) is 4.79 Å². The van der Waals surface area contributed by atoms with Crippen molar-refractivity contribution in [3.05, 3.63) is 18.2 Å². The second kappa shape index (κ2) is 5.62. The van der Waals surface area contributed by atoms with Gasteiger partial charge in [0.25, 0.3) is 0 Å². The molecular weight excluding hydrogens is 236 g/mol. The molecule has 1 aromatic carbocycles. The molecular formula is C13H16O5. The Morgan fingerprint density at radius 2 is 2.22 bits per heavy atom. The van der Waals surface area contributed by atoms with Crippen LogP contribution in [0.15, 0.2) is 18.2 Å². The van der Waals surface area contributed by atoms with Crippen LogP contribution in [-0.4, -0.2) is 24.5 Å². The number of carbonyl (C=O) groups is 1. The molecule has 0 aliphatic carbocycles. The molecule has 1 atom stereocenters. The smallest absolute Gasteiger partial charge is 0.306 e. The fourth-order valence-electron chi connectivity index (χ4n) is 1.67. The van der Waals surface area contributed by atoms with Gasteiger partial charge in [-0.15, -0.1) is 0 Å². The summed E-state index contributed by atoms with van der Waals surface area (Å²) < 4.78 is 16.0. The first-order chi connectivity index (χ1) is 8.66. The highest BCUT2D eigenvalue weighted by Gasteiger charge is 2.14. The third-order valence-corrected chi connectivity index (χ3v) is 2.82. The number of aliphatic carboxylic acids is 1. The zero-order valence-corrected chi connectivity index (χ0v) is 10.2. The summed E-state index contributed by atoms with van der Waals surface area (Å²) in [4.78, 5) is 10.6. The molecule has 5 heteroatoms. The maximum absolute atomic E-state index is 10.6. The first kappa shape index (κ1) is 12.5. The first-order valence-electron chi connectivity index (χ1n) is 5.92. The fourth-order valence-corrected chi connectivity index (χ4v) is 1.67. The summed E-state index contributed by atoms with van der Waals surface area (Å²) >= 11 is 0. The van der Waals surface area contributed by atoms with Crippen molar-refractivity contribution in [2.75, 3.05) is 13.4 Å². The summed E-state index contributed by atoms with van der Waals surface area (Å²) in [6.07, 6.45) is 1.32. The van der Waals surface area contributed by atoms with Crippen molar-refractivity contribution in [2.45, 2.75) is 19.8 Å². The van der Waals surface area contributed by atoms with E-state index in [0.717, 1.165) is 5.75 Å². The molecule has 5 nitrogen and oxygen atoms in total. The Kier molecular flexibility index (Phi) is 3.92. The highest BCUT2D eigenvalue weighted by Crippen LogP contribution is 2.35. The zero-order chi connectivity index (χ0) is 13.0. The minimum atomic E-state index is -0.766. The summed E-state index contributed by atoms with van der Waals surface area (Å²) in [7, 11) is 0. The van der Waals surface area contributed by atoms with Gasteiger partial charge in [0, 0.05) is 6.07 Å². The Morgan fingerprint density at radius 1 is 1.44 bits per heavy atom. The third kappa shape index (κ3) is 3.06. The van der Waals surface area contributed by atoms with Gasteiger partial charge in [0.05, 0.1) is 12.5 Å². The summed E-state index contributed by atoms with van der Waals surface area (Å²) in [6, 6.07) is 5.40. The maximum Gasteiger partial charge on any atom is 0.306 e. The van der Waals surface area contributed by atoms with Gasteiger partial charge < -0.3 is 19.3 Å². The van der Waals surface area contributed by atoms with Gasteiger partial charge in [0.2, 0.25) is 6.79 Å². The van der Waals surface area contributed by atoms with Crippen LogP contribution >= 0.6 is 0 Å². The third-order valence-electron chi connectivity index (χ3n) is 2.82. The lowest BCUT2D eigenvalue weighted by Gasteiger charge is -2.08. The van der Waals surface area contributed by atoms with E-state index in [-0.39, 0.29) is 12.7 Å². The monoisotopic (exact) mass is 252 g/mol. The van der Waals surface area contributed by atoms with Gasteiger partial charge >= 0.3 is 5.97 Å². The lowest BCUT2D eigenvalue weighted by Crippen LogP contribution is -2.10. The lowest BCUT2D eigenvalue weighted by molar-refractivity contribution is -0.141. The number of ether oxygens (including phenoxy) is 3. The molecule has 0 spiro atoms. The van der Waals surface area contributed by atoms with Gasteiger partial charge in [-0.1, -0.05) is 6.92 Å². The van der Waals surface area contributed by atoms with Crippen LogP contribution < -0.4 is 14.2 Å². The van der Waals surface area contributed by atoms with Crippen molar-refractivity contribution in [2.24, 2.45) is 5.92 Å². The van der Waals surface area contributed by atoms with E-state index in [2.05, 4.69) is 0 Å². The predicted molar refractivity (Wildman–Crippen MR) is 64.1 cm³/mol. The SMILES string of the molecule is CC(CCCOc1ccc2c(c1)OCO2)C(=O)O. The molecule has 1 aliphatic rings. The molecule has 1 N–H and O–H groups in total. The quantitative estimate of drug-likeness (QED) is 0.787. The van der Waals surface area contributed by atoms with E-state index in [4.69, 9.17) is 19.3 Å². The average molecular weight is 252 g/mol. The van der Waals surface area contributed by atoms with Gasteiger partial charge in [0.1, 0.15) is 5.75 Å². The van der Waals surface area contributed by atoms with E-state index >= 15 is 0 Å². The van der Waals surface area contributed by atoms with Crippen molar-refractivity contribution in [3.63, 3.8) is 0 Å². The molecule has 1 aromatic rings. The minimum absolute atomic E-state index is 0.245. The minimum Gasteiger partial charge on any atom is -0.493 e. The fraction of sp³-hybridized carbons (Fsp3) is 0.462. The molecule has 0 aromatic heterocycles. The van der Waals surface area contributed by atoms with E-state index in [1.807, 2.05) is 6.07 Å². The summed E-state index contributed by atoms with van der Waals surface area (Å²) in [5.74, 6) is 1.03.